The zero-order chi connectivity index (χ0) is 13.5. The summed E-state index contributed by atoms with van der Waals surface area (Å²) in [6, 6.07) is 3.21. The van der Waals surface area contributed by atoms with E-state index in [0.29, 0.717) is 36.9 Å². The Labute approximate surface area is 112 Å². The minimum Gasteiger partial charge on any atom is -0.491 e. The first-order valence-electron chi connectivity index (χ1n) is 5.63. The summed E-state index contributed by atoms with van der Waals surface area (Å²) in [6.45, 7) is 4.98. The van der Waals surface area contributed by atoms with Crippen LogP contribution in [0.25, 0.3) is 0 Å². The van der Waals surface area contributed by atoms with E-state index in [1.54, 1.807) is 19.9 Å². The molecule has 0 amide bonds. The first-order valence-corrected chi connectivity index (χ1v) is 6.26. The average molecular weight is 271 g/mol. The maximum atomic E-state index is 10.8. The van der Waals surface area contributed by atoms with Crippen molar-refractivity contribution >= 4 is 18.3 Å². The van der Waals surface area contributed by atoms with Gasteiger partial charge < -0.3 is 9.47 Å². The van der Waals surface area contributed by atoms with E-state index in [0.717, 1.165) is 5.56 Å². The number of nitro groups is 1. The summed E-state index contributed by atoms with van der Waals surface area (Å²) in [5.74, 6) is 1.34. The fourth-order valence-corrected chi connectivity index (χ4v) is 1.63. The molecule has 5 nitrogen and oxygen atoms in total. The van der Waals surface area contributed by atoms with Crippen LogP contribution in [0.3, 0.4) is 0 Å². The van der Waals surface area contributed by atoms with Crippen molar-refractivity contribution in [3.05, 3.63) is 33.4 Å². The molecule has 0 saturated carbocycles. The van der Waals surface area contributed by atoms with Gasteiger partial charge in [0, 0.05) is 17.4 Å². The van der Waals surface area contributed by atoms with E-state index in [-0.39, 0.29) is 10.6 Å². The van der Waals surface area contributed by atoms with E-state index in [1.807, 2.05) is 0 Å². The number of rotatable bonds is 7. The van der Waals surface area contributed by atoms with Crippen molar-refractivity contribution < 1.29 is 14.4 Å². The minimum atomic E-state index is -0.387. The lowest BCUT2D eigenvalue weighted by molar-refractivity contribution is -0.385. The number of ether oxygens (including phenoxy) is 2. The molecule has 0 N–H and O–H groups in total. The van der Waals surface area contributed by atoms with E-state index in [2.05, 4.69) is 12.6 Å². The van der Waals surface area contributed by atoms with Crippen LogP contribution in [0.2, 0.25) is 0 Å². The highest BCUT2D eigenvalue weighted by molar-refractivity contribution is 7.80. The second-order valence-corrected chi connectivity index (χ2v) is 4.29. The Balaban J connectivity index is 2.62. The summed E-state index contributed by atoms with van der Waals surface area (Å²) in [5.41, 5.74) is 1.46. The molecule has 18 heavy (non-hydrogen) atoms. The fourth-order valence-electron chi connectivity index (χ4n) is 1.50. The standard InChI is InChI=1S/C12H17NO4S/c1-9-8-12(17-4-3-16-5-6-18)10(2)7-11(9)13(14)15/h7-8,18H,3-6H2,1-2H3. The predicted octanol–water partition coefficient (Wildman–Crippen LogP) is 2.54. The normalized spacial score (nSPS) is 10.4. The number of nitro benzene ring substituents is 1. The zero-order valence-electron chi connectivity index (χ0n) is 10.5. The van der Waals surface area contributed by atoms with Crippen LogP contribution in [-0.2, 0) is 4.74 Å². The quantitative estimate of drug-likeness (QED) is 0.358. The van der Waals surface area contributed by atoms with E-state index in [9.17, 15) is 10.1 Å². The Morgan fingerprint density at radius 3 is 2.56 bits per heavy atom. The van der Waals surface area contributed by atoms with E-state index >= 15 is 0 Å². The van der Waals surface area contributed by atoms with Gasteiger partial charge in [-0.1, -0.05) is 0 Å². The third-order valence-electron chi connectivity index (χ3n) is 2.41. The molecule has 100 valence electrons. The highest BCUT2D eigenvalue weighted by Crippen LogP contribution is 2.27. The third-order valence-corrected chi connectivity index (χ3v) is 2.59. The van der Waals surface area contributed by atoms with Crippen LogP contribution in [0.1, 0.15) is 11.1 Å². The van der Waals surface area contributed by atoms with Gasteiger partial charge in [0.2, 0.25) is 0 Å². The molecule has 0 radical (unpaired) electrons. The molecule has 0 atom stereocenters. The van der Waals surface area contributed by atoms with Crippen molar-refractivity contribution in [2.24, 2.45) is 0 Å². The van der Waals surface area contributed by atoms with E-state index in [1.165, 1.54) is 6.07 Å². The number of thiol groups is 1. The van der Waals surface area contributed by atoms with Gasteiger partial charge in [0.15, 0.2) is 0 Å². The topological polar surface area (TPSA) is 61.6 Å². The number of hydrogen-bond acceptors (Lipinski definition) is 5. The van der Waals surface area contributed by atoms with Crippen molar-refractivity contribution in [1.82, 2.24) is 0 Å². The lowest BCUT2D eigenvalue weighted by atomic mass is 10.1. The molecule has 0 aliphatic carbocycles. The van der Waals surface area contributed by atoms with Gasteiger partial charge in [-0.2, -0.15) is 12.6 Å². The van der Waals surface area contributed by atoms with Crippen molar-refractivity contribution in [2.45, 2.75) is 13.8 Å². The lowest BCUT2D eigenvalue weighted by Crippen LogP contribution is -2.09. The molecule has 0 saturated heterocycles. The van der Waals surface area contributed by atoms with Crippen LogP contribution >= 0.6 is 12.6 Å². The smallest absolute Gasteiger partial charge is 0.272 e. The summed E-state index contributed by atoms with van der Waals surface area (Å²) in [4.78, 5) is 10.4. The van der Waals surface area contributed by atoms with Gasteiger partial charge in [0.25, 0.3) is 5.69 Å². The van der Waals surface area contributed by atoms with Gasteiger partial charge in [-0.25, -0.2) is 0 Å². The second kappa shape index (κ2) is 7.23. The molecular weight excluding hydrogens is 254 g/mol. The molecular formula is C12H17NO4S. The lowest BCUT2D eigenvalue weighted by Gasteiger charge is -2.10. The Bertz CT molecular complexity index is 423. The number of aryl methyl sites for hydroxylation is 2. The third kappa shape index (κ3) is 4.19. The van der Waals surface area contributed by atoms with Crippen LogP contribution in [0.4, 0.5) is 5.69 Å². The Kier molecular flexibility index (Phi) is 5.94. The molecule has 0 aliphatic rings. The largest absolute Gasteiger partial charge is 0.491 e. The SMILES string of the molecule is Cc1cc([N+](=O)[O-])c(C)cc1OCCOCCS. The molecule has 6 heteroatoms. The van der Waals surface area contributed by atoms with E-state index < -0.39 is 0 Å². The Hall–Kier alpha value is -1.27. The molecule has 0 heterocycles. The number of nitrogens with zero attached hydrogens (tertiary/aromatic N) is 1. The Morgan fingerprint density at radius 2 is 1.94 bits per heavy atom. The van der Waals surface area contributed by atoms with Crippen molar-refractivity contribution in [1.29, 1.82) is 0 Å². The van der Waals surface area contributed by atoms with Gasteiger partial charge in [-0.05, 0) is 25.5 Å². The fraction of sp³-hybridized carbons (Fsp3) is 0.500. The highest BCUT2D eigenvalue weighted by Gasteiger charge is 2.13. The van der Waals surface area contributed by atoms with Crippen LogP contribution in [0, 0.1) is 24.0 Å². The first-order chi connectivity index (χ1) is 8.56. The molecule has 1 rings (SSSR count). The monoisotopic (exact) mass is 271 g/mol. The van der Waals surface area contributed by atoms with Gasteiger partial charge in [-0.15, -0.1) is 0 Å². The first kappa shape index (κ1) is 14.8. The maximum absolute atomic E-state index is 10.8. The molecule has 0 spiro atoms. The molecule has 1 aromatic carbocycles. The molecule has 0 bridgehead atoms. The van der Waals surface area contributed by atoms with Gasteiger partial charge in [-0.3, -0.25) is 10.1 Å². The zero-order valence-corrected chi connectivity index (χ0v) is 11.4. The van der Waals surface area contributed by atoms with Crippen molar-refractivity contribution in [2.75, 3.05) is 25.6 Å². The van der Waals surface area contributed by atoms with E-state index in [4.69, 9.17) is 9.47 Å². The summed E-state index contributed by atoms with van der Waals surface area (Å²) >= 11 is 4.02. The molecule has 0 unspecified atom stereocenters. The minimum absolute atomic E-state index is 0.117. The number of benzene rings is 1. The summed E-state index contributed by atoms with van der Waals surface area (Å²) in [5, 5.41) is 10.8. The highest BCUT2D eigenvalue weighted by atomic mass is 32.1. The summed E-state index contributed by atoms with van der Waals surface area (Å²) in [7, 11) is 0. The average Bonchev–Trinajstić information content (AvgIpc) is 2.32. The van der Waals surface area contributed by atoms with Gasteiger partial charge in [0.1, 0.15) is 12.4 Å². The Morgan fingerprint density at radius 1 is 1.22 bits per heavy atom. The van der Waals surface area contributed by atoms with Crippen LogP contribution in [-0.4, -0.2) is 30.5 Å². The molecule has 0 aliphatic heterocycles. The second-order valence-electron chi connectivity index (χ2n) is 3.85. The molecule has 0 aromatic heterocycles. The van der Waals surface area contributed by atoms with Crippen LogP contribution in [0.5, 0.6) is 5.75 Å². The number of hydrogen-bond donors (Lipinski definition) is 1. The predicted molar refractivity (Wildman–Crippen MR) is 72.7 cm³/mol. The maximum Gasteiger partial charge on any atom is 0.272 e. The molecule has 0 fully saturated rings. The van der Waals surface area contributed by atoms with Crippen LogP contribution in [0.15, 0.2) is 12.1 Å². The van der Waals surface area contributed by atoms with Gasteiger partial charge >= 0.3 is 0 Å². The summed E-state index contributed by atoms with van der Waals surface area (Å²) < 4.78 is 10.8. The summed E-state index contributed by atoms with van der Waals surface area (Å²) in [6.07, 6.45) is 0. The van der Waals surface area contributed by atoms with Crippen LogP contribution < -0.4 is 4.74 Å². The van der Waals surface area contributed by atoms with Crippen molar-refractivity contribution in [3.63, 3.8) is 0 Å². The van der Waals surface area contributed by atoms with Crippen molar-refractivity contribution in [3.8, 4) is 5.75 Å². The van der Waals surface area contributed by atoms with Gasteiger partial charge in [0.05, 0.1) is 18.1 Å². The molecule has 1 aromatic rings.